The maximum Gasteiger partial charge on any atom is 0.0747 e. The lowest BCUT2D eigenvalue weighted by atomic mass is 9.79. The van der Waals surface area contributed by atoms with E-state index in [1.165, 1.54) is 35.0 Å². The summed E-state index contributed by atoms with van der Waals surface area (Å²) in [5.41, 5.74) is 7.12. The third-order valence-electron chi connectivity index (χ3n) is 6.26. The summed E-state index contributed by atoms with van der Waals surface area (Å²) in [5, 5.41) is 1.38. The lowest BCUT2D eigenvalue weighted by molar-refractivity contribution is 0.326. The van der Waals surface area contributed by atoms with Gasteiger partial charge in [-0.2, -0.15) is 0 Å². The van der Waals surface area contributed by atoms with Crippen molar-refractivity contribution in [2.75, 3.05) is 0 Å². The zero-order valence-electron chi connectivity index (χ0n) is 13.7. The maximum absolute atomic E-state index is 5.10. The van der Waals surface area contributed by atoms with Crippen molar-refractivity contribution in [3.05, 3.63) is 65.7 Å². The molecule has 1 nitrogen and oxygen atoms in total. The molecule has 2 aliphatic rings. The van der Waals surface area contributed by atoms with E-state index in [1.54, 1.807) is 5.56 Å². The average molecular weight is 299 g/mol. The van der Waals surface area contributed by atoms with Crippen molar-refractivity contribution in [2.24, 2.45) is 5.41 Å². The van der Waals surface area contributed by atoms with Crippen LogP contribution in [0.5, 0.6) is 0 Å². The Kier molecular flexibility index (Phi) is 2.57. The minimum absolute atomic E-state index is 0.359. The number of para-hydroxylation sites is 1. The van der Waals surface area contributed by atoms with Crippen molar-refractivity contribution in [3.8, 4) is 11.3 Å². The number of benzene rings is 2. The molecule has 5 rings (SSSR count). The molecule has 2 bridgehead atoms. The van der Waals surface area contributed by atoms with Gasteiger partial charge in [-0.05, 0) is 47.3 Å². The molecule has 2 aromatic carbocycles. The molecule has 1 heterocycles. The highest BCUT2D eigenvalue weighted by Gasteiger charge is 2.53. The fourth-order valence-electron chi connectivity index (χ4n) is 5.15. The molecule has 1 aromatic heterocycles. The van der Waals surface area contributed by atoms with Crippen LogP contribution in [0.25, 0.3) is 22.2 Å². The lowest BCUT2D eigenvalue weighted by Crippen LogP contribution is -2.14. The first-order valence-corrected chi connectivity index (χ1v) is 8.66. The van der Waals surface area contributed by atoms with Gasteiger partial charge in [0.15, 0.2) is 0 Å². The lowest BCUT2D eigenvalue weighted by Gasteiger charge is -2.24. The van der Waals surface area contributed by atoms with E-state index in [2.05, 4.69) is 68.4 Å². The van der Waals surface area contributed by atoms with Crippen LogP contribution in [0, 0.1) is 5.41 Å². The van der Waals surface area contributed by atoms with Crippen LogP contribution >= 0.6 is 0 Å². The molecular formula is C22H21N. The Morgan fingerprint density at radius 1 is 0.826 bits per heavy atom. The minimum Gasteiger partial charge on any atom is -0.247 e. The molecule has 0 saturated heterocycles. The van der Waals surface area contributed by atoms with E-state index < -0.39 is 0 Å². The predicted octanol–water partition coefficient (Wildman–Crippen LogP) is 5.90. The van der Waals surface area contributed by atoms with Gasteiger partial charge in [0.1, 0.15) is 0 Å². The van der Waals surface area contributed by atoms with Gasteiger partial charge in [-0.1, -0.05) is 62.4 Å². The van der Waals surface area contributed by atoms with Gasteiger partial charge < -0.3 is 0 Å². The zero-order valence-corrected chi connectivity index (χ0v) is 13.7. The van der Waals surface area contributed by atoms with Crippen molar-refractivity contribution in [1.29, 1.82) is 0 Å². The van der Waals surface area contributed by atoms with Crippen LogP contribution in [0.15, 0.2) is 54.6 Å². The number of aromatic nitrogens is 1. The van der Waals surface area contributed by atoms with Crippen LogP contribution in [0.2, 0.25) is 0 Å². The first-order chi connectivity index (χ1) is 11.2. The summed E-state index contributed by atoms with van der Waals surface area (Å²) >= 11 is 0. The monoisotopic (exact) mass is 299 g/mol. The van der Waals surface area contributed by atoms with E-state index in [9.17, 15) is 0 Å². The Morgan fingerprint density at radius 3 is 2.26 bits per heavy atom. The number of nitrogens with zero attached hydrogens (tertiary/aromatic N) is 1. The molecule has 23 heavy (non-hydrogen) atoms. The Balaban J connectivity index is 1.91. The second-order valence-electron chi connectivity index (χ2n) is 7.67. The van der Waals surface area contributed by atoms with Crippen LogP contribution in [-0.2, 0) is 0 Å². The smallest absolute Gasteiger partial charge is 0.0747 e. The number of fused-ring (bicyclic) bond motifs is 7. The standard InChI is InChI=1S/C22H21N/c1-22(2)16-12-13-17(22)20-19(16)15-10-6-7-11-18(15)23-21(20)14-8-4-3-5-9-14/h3-11,16-17H,12-13H2,1-2H3. The number of pyridine rings is 1. The zero-order chi connectivity index (χ0) is 15.6. The molecule has 3 aromatic rings. The maximum atomic E-state index is 5.10. The molecule has 0 aliphatic heterocycles. The van der Waals surface area contributed by atoms with E-state index >= 15 is 0 Å². The Hall–Kier alpha value is -2.15. The van der Waals surface area contributed by atoms with E-state index in [4.69, 9.17) is 4.98 Å². The average Bonchev–Trinajstić information content (AvgIpc) is 3.01. The molecule has 1 saturated carbocycles. The molecular weight excluding hydrogens is 278 g/mol. The van der Waals surface area contributed by atoms with E-state index in [-0.39, 0.29) is 0 Å². The van der Waals surface area contributed by atoms with E-state index in [0.717, 1.165) is 5.52 Å². The highest BCUT2D eigenvalue weighted by Crippen LogP contribution is 2.66. The fraction of sp³-hybridized carbons (Fsp3) is 0.318. The summed E-state index contributed by atoms with van der Waals surface area (Å²) in [6, 6.07) is 19.4. The Morgan fingerprint density at radius 2 is 1.48 bits per heavy atom. The summed E-state index contributed by atoms with van der Waals surface area (Å²) in [4.78, 5) is 5.10. The largest absolute Gasteiger partial charge is 0.247 e. The SMILES string of the molecule is CC1(C)C2CCC1c1c2c(-c2ccccc2)nc2ccccc12. The molecule has 1 heteroatoms. The molecule has 0 amide bonds. The van der Waals surface area contributed by atoms with Crippen LogP contribution in [0.1, 0.15) is 49.7 Å². The van der Waals surface area contributed by atoms with Gasteiger partial charge in [-0.3, -0.25) is 0 Å². The Bertz CT molecular complexity index is 908. The predicted molar refractivity (Wildman–Crippen MR) is 95.7 cm³/mol. The summed E-state index contributed by atoms with van der Waals surface area (Å²) < 4.78 is 0. The van der Waals surface area contributed by atoms with Crippen molar-refractivity contribution in [1.82, 2.24) is 4.98 Å². The van der Waals surface area contributed by atoms with Crippen molar-refractivity contribution < 1.29 is 0 Å². The summed E-state index contributed by atoms with van der Waals surface area (Å²) in [6.07, 6.45) is 2.64. The van der Waals surface area contributed by atoms with Crippen molar-refractivity contribution in [2.45, 2.75) is 38.5 Å². The van der Waals surface area contributed by atoms with Crippen LogP contribution in [-0.4, -0.2) is 4.98 Å². The van der Waals surface area contributed by atoms with Gasteiger partial charge in [0.25, 0.3) is 0 Å². The van der Waals surface area contributed by atoms with Gasteiger partial charge in [-0.15, -0.1) is 0 Å². The van der Waals surface area contributed by atoms with Gasteiger partial charge >= 0.3 is 0 Å². The fourth-order valence-corrected chi connectivity index (χ4v) is 5.15. The number of hydrogen-bond donors (Lipinski definition) is 0. The molecule has 1 fully saturated rings. The van der Waals surface area contributed by atoms with Gasteiger partial charge in [0.2, 0.25) is 0 Å². The second-order valence-corrected chi connectivity index (χ2v) is 7.67. The molecule has 114 valence electrons. The van der Waals surface area contributed by atoms with Crippen LogP contribution < -0.4 is 0 Å². The summed E-state index contributed by atoms with van der Waals surface area (Å²) in [5.74, 6) is 1.33. The first kappa shape index (κ1) is 13.3. The molecule has 2 atom stereocenters. The van der Waals surface area contributed by atoms with Crippen molar-refractivity contribution in [3.63, 3.8) is 0 Å². The Labute approximate surface area is 137 Å². The summed E-state index contributed by atoms with van der Waals surface area (Å²) in [6.45, 7) is 4.91. The third-order valence-corrected chi connectivity index (χ3v) is 6.26. The van der Waals surface area contributed by atoms with Gasteiger partial charge in [0.05, 0.1) is 11.2 Å². The highest BCUT2D eigenvalue weighted by molar-refractivity contribution is 5.89. The topological polar surface area (TPSA) is 12.9 Å². The number of rotatable bonds is 1. The highest BCUT2D eigenvalue weighted by atomic mass is 14.7. The summed E-state index contributed by atoms with van der Waals surface area (Å²) in [7, 11) is 0. The molecule has 0 spiro atoms. The number of hydrogen-bond acceptors (Lipinski definition) is 1. The van der Waals surface area contributed by atoms with Crippen LogP contribution in [0.3, 0.4) is 0 Å². The van der Waals surface area contributed by atoms with E-state index in [1.807, 2.05) is 0 Å². The third kappa shape index (κ3) is 1.65. The van der Waals surface area contributed by atoms with Gasteiger partial charge in [-0.25, -0.2) is 4.98 Å². The minimum atomic E-state index is 0.359. The molecule has 2 unspecified atom stereocenters. The quantitative estimate of drug-likeness (QED) is 0.545. The normalized spacial score (nSPS) is 24.1. The van der Waals surface area contributed by atoms with Crippen molar-refractivity contribution >= 4 is 10.9 Å². The van der Waals surface area contributed by atoms with E-state index in [0.29, 0.717) is 17.3 Å². The second kappa shape index (κ2) is 4.44. The molecule has 0 radical (unpaired) electrons. The van der Waals surface area contributed by atoms with Gasteiger partial charge in [0, 0.05) is 10.9 Å². The van der Waals surface area contributed by atoms with Crippen LogP contribution in [0.4, 0.5) is 0 Å². The molecule has 2 aliphatic carbocycles. The first-order valence-electron chi connectivity index (χ1n) is 8.66. The molecule has 0 N–H and O–H groups in total.